The summed E-state index contributed by atoms with van der Waals surface area (Å²) in [6.45, 7) is 5.89. The summed E-state index contributed by atoms with van der Waals surface area (Å²) in [4.78, 5) is 0. The van der Waals surface area contributed by atoms with E-state index in [4.69, 9.17) is 14.0 Å². The average Bonchev–Trinajstić information content (AvgIpc) is 2.90. The van der Waals surface area contributed by atoms with Crippen molar-refractivity contribution in [1.29, 1.82) is 0 Å². The van der Waals surface area contributed by atoms with Gasteiger partial charge in [-0.25, -0.2) is 0 Å². The molecule has 5 nitrogen and oxygen atoms in total. The number of rotatable bonds is 4. The number of nitrogens with one attached hydrogen (secondary N) is 1. The van der Waals surface area contributed by atoms with E-state index in [9.17, 15) is 0 Å². The molecule has 2 heterocycles. The molecule has 0 amide bonds. The molecule has 1 aromatic carbocycles. The first-order chi connectivity index (χ1) is 9.72. The topological polar surface area (TPSA) is 56.5 Å². The zero-order chi connectivity index (χ0) is 13.9. The third-order valence-electron chi connectivity index (χ3n) is 3.33. The van der Waals surface area contributed by atoms with Crippen LogP contribution in [0.15, 0.2) is 28.8 Å². The fourth-order valence-corrected chi connectivity index (χ4v) is 2.20. The number of fused-ring (bicyclic) bond motifs is 1. The van der Waals surface area contributed by atoms with Crippen molar-refractivity contribution in [2.45, 2.75) is 26.4 Å². The second-order valence-corrected chi connectivity index (χ2v) is 4.94. The maximum atomic E-state index is 5.60. The normalized spacial score (nSPS) is 15.1. The van der Waals surface area contributed by atoms with E-state index in [0.29, 0.717) is 19.8 Å². The Morgan fingerprint density at radius 3 is 2.75 bits per heavy atom. The minimum atomic E-state index is 0.191. The third kappa shape index (κ3) is 2.77. The fraction of sp³-hybridized carbons (Fsp3) is 0.400. The van der Waals surface area contributed by atoms with E-state index in [1.54, 1.807) is 0 Å². The number of hydrogen-bond donors (Lipinski definition) is 1. The van der Waals surface area contributed by atoms with Crippen LogP contribution in [0.2, 0.25) is 0 Å². The van der Waals surface area contributed by atoms with Crippen LogP contribution < -0.4 is 14.8 Å². The lowest BCUT2D eigenvalue weighted by molar-refractivity contribution is 0.171. The molecule has 1 aliphatic heterocycles. The number of aromatic nitrogens is 1. The first-order valence-electron chi connectivity index (χ1n) is 6.77. The quantitative estimate of drug-likeness (QED) is 0.928. The third-order valence-corrected chi connectivity index (χ3v) is 3.33. The number of ether oxygens (including phenoxy) is 2. The van der Waals surface area contributed by atoms with Crippen molar-refractivity contribution in [3.05, 3.63) is 41.3 Å². The second-order valence-electron chi connectivity index (χ2n) is 4.94. The average molecular weight is 274 g/mol. The van der Waals surface area contributed by atoms with E-state index < -0.39 is 0 Å². The van der Waals surface area contributed by atoms with Gasteiger partial charge in [0, 0.05) is 12.1 Å². The Bertz CT molecular complexity index is 595. The van der Waals surface area contributed by atoms with Gasteiger partial charge in [-0.05, 0) is 31.5 Å². The zero-order valence-corrected chi connectivity index (χ0v) is 11.7. The molecule has 5 heteroatoms. The Kier molecular flexibility index (Phi) is 3.60. The Morgan fingerprint density at radius 2 is 2.00 bits per heavy atom. The molecule has 3 rings (SSSR count). The van der Waals surface area contributed by atoms with E-state index in [1.165, 1.54) is 0 Å². The molecule has 1 aromatic heterocycles. The fourth-order valence-electron chi connectivity index (χ4n) is 2.20. The number of benzene rings is 1. The summed E-state index contributed by atoms with van der Waals surface area (Å²) in [5.74, 6) is 2.47. The van der Waals surface area contributed by atoms with Crippen molar-refractivity contribution >= 4 is 0 Å². The van der Waals surface area contributed by atoms with Crippen molar-refractivity contribution in [1.82, 2.24) is 10.5 Å². The first kappa shape index (κ1) is 13.0. The predicted molar refractivity (Wildman–Crippen MR) is 73.9 cm³/mol. The summed E-state index contributed by atoms with van der Waals surface area (Å²) in [5, 5.41) is 7.28. The van der Waals surface area contributed by atoms with Gasteiger partial charge in [0.15, 0.2) is 17.3 Å². The van der Waals surface area contributed by atoms with Gasteiger partial charge in [0.1, 0.15) is 13.2 Å². The smallest absolute Gasteiger partial charge is 0.161 e. The highest BCUT2D eigenvalue weighted by molar-refractivity contribution is 5.44. The van der Waals surface area contributed by atoms with E-state index in [-0.39, 0.29) is 6.04 Å². The Labute approximate surface area is 117 Å². The van der Waals surface area contributed by atoms with E-state index in [0.717, 1.165) is 28.5 Å². The summed E-state index contributed by atoms with van der Waals surface area (Å²) >= 11 is 0. The van der Waals surface area contributed by atoms with Crippen LogP contribution >= 0.6 is 0 Å². The summed E-state index contributed by atoms with van der Waals surface area (Å²) in [7, 11) is 0. The Morgan fingerprint density at radius 1 is 1.20 bits per heavy atom. The van der Waals surface area contributed by atoms with Crippen LogP contribution in [0.25, 0.3) is 0 Å². The van der Waals surface area contributed by atoms with Gasteiger partial charge in [0.25, 0.3) is 0 Å². The van der Waals surface area contributed by atoms with Gasteiger partial charge in [0.2, 0.25) is 0 Å². The second kappa shape index (κ2) is 5.54. The van der Waals surface area contributed by atoms with Crippen molar-refractivity contribution in [2.75, 3.05) is 13.2 Å². The van der Waals surface area contributed by atoms with Crippen LogP contribution in [-0.4, -0.2) is 18.4 Å². The lowest BCUT2D eigenvalue weighted by atomic mass is 10.1. The summed E-state index contributed by atoms with van der Waals surface area (Å²) in [5.41, 5.74) is 2.05. The van der Waals surface area contributed by atoms with Gasteiger partial charge < -0.3 is 19.3 Å². The molecule has 0 radical (unpaired) electrons. The molecule has 0 bridgehead atoms. The molecule has 0 saturated heterocycles. The molecule has 2 aromatic rings. The Hall–Kier alpha value is -2.01. The highest BCUT2D eigenvalue weighted by Gasteiger charge is 2.14. The van der Waals surface area contributed by atoms with Crippen molar-refractivity contribution in [2.24, 2.45) is 0 Å². The van der Waals surface area contributed by atoms with Gasteiger partial charge >= 0.3 is 0 Å². The van der Waals surface area contributed by atoms with Crippen LogP contribution in [0.4, 0.5) is 0 Å². The summed E-state index contributed by atoms with van der Waals surface area (Å²) < 4.78 is 16.3. The van der Waals surface area contributed by atoms with Gasteiger partial charge in [-0.2, -0.15) is 0 Å². The van der Waals surface area contributed by atoms with E-state index >= 15 is 0 Å². The number of nitrogens with zero attached hydrogens (tertiary/aromatic N) is 1. The standard InChI is InChI=1S/C15H18N2O3/c1-10-7-13(20-17-10)9-16-11(2)12-3-4-14-15(8-12)19-6-5-18-14/h3-4,7-8,11,16H,5-6,9H2,1-2H3. The van der Waals surface area contributed by atoms with Crippen LogP contribution in [0.5, 0.6) is 11.5 Å². The largest absolute Gasteiger partial charge is 0.486 e. The molecule has 106 valence electrons. The van der Waals surface area contributed by atoms with Crippen molar-refractivity contribution < 1.29 is 14.0 Å². The summed E-state index contributed by atoms with van der Waals surface area (Å²) in [6.07, 6.45) is 0. The molecule has 1 unspecified atom stereocenters. The number of aryl methyl sites for hydroxylation is 1. The molecular formula is C15H18N2O3. The molecular weight excluding hydrogens is 256 g/mol. The predicted octanol–water partition coefficient (Wildman–Crippen LogP) is 2.61. The van der Waals surface area contributed by atoms with Crippen molar-refractivity contribution in [3.8, 4) is 11.5 Å². The van der Waals surface area contributed by atoms with Crippen LogP contribution in [0.3, 0.4) is 0 Å². The molecule has 1 atom stereocenters. The minimum Gasteiger partial charge on any atom is -0.486 e. The summed E-state index contributed by atoms with van der Waals surface area (Å²) in [6, 6.07) is 8.16. The maximum absolute atomic E-state index is 5.60. The molecule has 1 N–H and O–H groups in total. The van der Waals surface area contributed by atoms with Gasteiger partial charge in [-0.3, -0.25) is 0 Å². The first-order valence-corrected chi connectivity index (χ1v) is 6.77. The molecule has 0 aliphatic carbocycles. The van der Waals surface area contributed by atoms with Crippen LogP contribution in [-0.2, 0) is 6.54 Å². The maximum Gasteiger partial charge on any atom is 0.161 e. The molecule has 0 saturated carbocycles. The molecule has 1 aliphatic rings. The lowest BCUT2D eigenvalue weighted by Crippen LogP contribution is -2.19. The highest BCUT2D eigenvalue weighted by Crippen LogP contribution is 2.32. The Balaban J connectivity index is 1.66. The molecule has 0 spiro atoms. The molecule has 0 fully saturated rings. The highest BCUT2D eigenvalue weighted by atomic mass is 16.6. The SMILES string of the molecule is Cc1cc(CNC(C)c2ccc3c(c2)OCCO3)on1. The van der Waals surface area contributed by atoms with E-state index in [1.807, 2.05) is 25.1 Å². The number of hydrogen-bond acceptors (Lipinski definition) is 5. The zero-order valence-electron chi connectivity index (χ0n) is 11.7. The monoisotopic (exact) mass is 274 g/mol. The minimum absolute atomic E-state index is 0.191. The van der Waals surface area contributed by atoms with Crippen LogP contribution in [0.1, 0.15) is 30.0 Å². The van der Waals surface area contributed by atoms with Gasteiger partial charge in [-0.1, -0.05) is 11.2 Å². The van der Waals surface area contributed by atoms with E-state index in [2.05, 4.69) is 23.5 Å². The van der Waals surface area contributed by atoms with Gasteiger partial charge in [0.05, 0.1) is 12.2 Å². The van der Waals surface area contributed by atoms with Crippen LogP contribution in [0, 0.1) is 6.92 Å². The lowest BCUT2D eigenvalue weighted by Gasteiger charge is -2.20. The van der Waals surface area contributed by atoms with Crippen molar-refractivity contribution in [3.63, 3.8) is 0 Å². The van der Waals surface area contributed by atoms with Gasteiger partial charge in [-0.15, -0.1) is 0 Å². The molecule has 20 heavy (non-hydrogen) atoms.